The number of aromatic nitrogens is 6. The molecule has 0 spiro atoms. The second-order valence-electron chi connectivity index (χ2n) is 5.97. The van der Waals surface area contributed by atoms with E-state index in [2.05, 4.69) is 25.9 Å². The third-order valence-electron chi connectivity index (χ3n) is 4.23. The van der Waals surface area contributed by atoms with E-state index in [1.165, 1.54) is 11.8 Å². The van der Waals surface area contributed by atoms with Crippen molar-refractivity contribution in [1.29, 1.82) is 0 Å². The Morgan fingerprint density at radius 1 is 1.04 bits per heavy atom. The first-order valence-electron chi connectivity index (χ1n) is 8.51. The van der Waals surface area contributed by atoms with Crippen molar-refractivity contribution in [3.8, 4) is 11.4 Å². The van der Waals surface area contributed by atoms with Crippen molar-refractivity contribution in [3.63, 3.8) is 0 Å². The fourth-order valence-corrected chi connectivity index (χ4v) is 3.28. The number of carbonyl (C=O) groups is 1. The van der Waals surface area contributed by atoms with E-state index in [0.717, 1.165) is 17.1 Å². The Morgan fingerprint density at radius 3 is 2.61 bits per heavy atom. The number of benzene rings is 2. The molecule has 0 fully saturated rings. The van der Waals surface area contributed by atoms with E-state index >= 15 is 0 Å². The van der Waals surface area contributed by atoms with Crippen LogP contribution < -0.4 is 5.32 Å². The first-order chi connectivity index (χ1) is 13.7. The van der Waals surface area contributed by atoms with Gasteiger partial charge in [-0.25, -0.2) is 4.68 Å². The van der Waals surface area contributed by atoms with Gasteiger partial charge in [0.25, 0.3) is 5.91 Å². The SMILES string of the molecule is CSc1nnnn1-c1cccc(NC(=O)c2cnn(-c3ccccc3)c2C)c1. The second kappa shape index (κ2) is 7.65. The summed E-state index contributed by atoms with van der Waals surface area (Å²) in [4.78, 5) is 12.8. The van der Waals surface area contributed by atoms with Gasteiger partial charge in [-0.2, -0.15) is 9.78 Å². The maximum Gasteiger partial charge on any atom is 0.259 e. The van der Waals surface area contributed by atoms with Gasteiger partial charge in [0.15, 0.2) is 0 Å². The van der Waals surface area contributed by atoms with E-state index in [9.17, 15) is 4.79 Å². The molecule has 4 aromatic rings. The highest BCUT2D eigenvalue weighted by molar-refractivity contribution is 7.98. The molecule has 0 radical (unpaired) electrons. The van der Waals surface area contributed by atoms with E-state index < -0.39 is 0 Å². The normalized spacial score (nSPS) is 10.8. The van der Waals surface area contributed by atoms with Crippen LogP contribution in [-0.4, -0.2) is 42.2 Å². The van der Waals surface area contributed by atoms with Gasteiger partial charge in [0.05, 0.1) is 28.8 Å². The molecule has 0 saturated heterocycles. The molecule has 4 rings (SSSR count). The van der Waals surface area contributed by atoms with Gasteiger partial charge in [0.1, 0.15) is 0 Å². The summed E-state index contributed by atoms with van der Waals surface area (Å²) >= 11 is 1.44. The summed E-state index contributed by atoms with van der Waals surface area (Å²) in [6, 6.07) is 17.1. The van der Waals surface area contributed by atoms with Gasteiger partial charge in [0.2, 0.25) is 5.16 Å². The monoisotopic (exact) mass is 391 g/mol. The Labute approximate surface area is 165 Å². The minimum Gasteiger partial charge on any atom is -0.322 e. The highest BCUT2D eigenvalue weighted by Crippen LogP contribution is 2.20. The van der Waals surface area contributed by atoms with E-state index in [1.807, 2.05) is 67.8 Å². The molecule has 28 heavy (non-hydrogen) atoms. The summed E-state index contributed by atoms with van der Waals surface area (Å²) in [5, 5.41) is 19.6. The van der Waals surface area contributed by atoms with E-state index in [0.29, 0.717) is 16.4 Å². The highest BCUT2D eigenvalue weighted by Gasteiger charge is 2.16. The standard InChI is InChI=1S/C19H17N7OS/c1-13-17(12-20-25(13)15-8-4-3-5-9-15)18(27)21-14-7-6-10-16(11-14)26-19(28-2)22-23-24-26/h3-12H,1-2H3,(H,21,27). The summed E-state index contributed by atoms with van der Waals surface area (Å²) in [5.41, 5.74) is 3.61. The lowest BCUT2D eigenvalue weighted by molar-refractivity contribution is 0.102. The number of para-hydroxylation sites is 1. The van der Waals surface area contributed by atoms with Crippen molar-refractivity contribution in [2.24, 2.45) is 0 Å². The number of nitrogens with one attached hydrogen (secondary N) is 1. The number of carbonyl (C=O) groups excluding carboxylic acids is 1. The van der Waals surface area contributed by atoms with Crippen LogP contribution in [0.3, 0.4) is 0 Å². The molecule has 2 aromatic carbocycles. The van der Waals surface area contributed by atoms with Gasteiger partial charge in [0, 0.05) is 5.69 Å². The van der Waals surface area contributed by atoms with Crippen LogP contribution in [-0.2, 0) is 0 Å². The van der Waals surface area contributed by atoms with Crippen LogP contribution in [0, 0.1) is 6.92 Å². The first kappa shape index (κ1) is 17.9. The Hall–Kier alpha value is -3.46. The van der Waals surface area contributed by atoms with Crippen molar-refractivity contribution >= 4 is 23.4 Å². The van der Waals surface area contributed by atoms with Gasteiger partial charge >= 0.3 is 0 Å². The molecule has 9 heteroatoms. The molecule has 0 aliphatic heterocycles. The Bertz CT molecular complexity index is 1120. The predicted octanol–water partition coefficient (Wildman–Crippen LogP) is 3.13. The zero-order valence-corrected chi connectivity index (χ0v) is 16.1. The van der Waals surface area contributed by atoms with Crippen molar-refractivity contribution in [2.75, 3.05) is 11.6 Å². The summed E-state index contributed by atoms with van der Waals surface area (Å²) in [7, 11) is 0. The molecule has 0 unspecified atom stereocenters. The molecule has 0 aliphatic carbocycles. The number of amides is 1. The molecule has 1 amide bonds. The fourth-order valence-electron chi connectivity index (χ4n) is 2.84. The van der Waals surface area contributed by atoms with Crippen molar-refractivity contribution in [3.05, 3.63) is 72.1 Å². The van der Waals surface area contributed by atoms with Crippen molar-refractivity contribution in [2.45, 2.75) is 12.1 Å². The molecule has 1 N–H and O–H groups in total. The first-order valence-corrected chi connectivity index (χ1v) is 9.74. The third-order valence-corrected chi connectivity index (χ3v) is 4.85. The highest BCUT2D eigenvalue weighted by atomic mass is 32.2. The van der Waals surface area contributed by atoms with Crippen LogP contribution >= 0.6 is 11.8 Å². The van der Waals surface area contributed by atoms with E-state index in [4.69, 9.17) is 0 Å². The lowest BCUT2D eigenvalue weighted by atomic mass is 10.2. The largest absolute Gasteiger partial charge is 0.322 e. The molecule has 140 valence electrons. The number of thioether (sulfide) groups is 1. The summed E-state index contributed by atoms with van der Waals surface area (Å²) in [6.07, 6.45) is 3.48. The molecule has 0 atom stereocenters. The van der Waals surface area contributed by atoms with Crippen molar-refractivity contribution in [1.82, 2.24) is 30.0 Å². The number of nitrogens with zero attached hydrogens (tertiary/aromatic N) is 6. The topological polar surface area (TPSA) is 90.5 Å². The van der Waals surface area contributed by atoms with Crippen LogP contribution in [0.1, 0.15) is 16.1 Å². The number of rotatable bonds is 5. The lowest BCUT2D eigenvalue weighted by Crippen LogP contribution is -2.13. The van der Waals surface area contributed by atoms with Crippen LogP contribution in [0.2, 0.25) is 0 Å². The molecular formula is C19H17N7OS. The van der Waals surface area contributed by atoms with Gasteiger partial charge in [-0.05, 0) is 53.9 Å². The van der Waals surface area contributed by atoms with Crippen LogP contribution in [0.4, 0.5) is 5.69 Å². The zero-order chi connectivity index (χ0) is 19.5. The summed E-state index contributed by atoms with van der Waals surface area (Å²) in [6.45, 7) is 1.87. The van der Waals surface area contributed by atoms with Gasteiger partial charge in [-0.1, -0.05) is 36.0 Å². The fraction of sp³-hybridized carbons (Fsp3) is 0.105. The van der Waals surface area contributed by atoms with E-state index in [1.54, 1.807) is 15.6 Å². The molecule has 0 bridgehead atoms. The van der Waals surface area contributed by atoms with Crippen molar-refractivity contribution < 1.29 is 4.79 Å². The molecular weight excluding hydrogens is 374 g/mol. The zero-order valence-electron chi connectivity index (χ0n) is 15.3. The van der Waals surface area contributed by atoms with Gasteiger partial charge in [-0.3, -0.25) is 4.79 Å². The number of tetrazole rings is 1. The minimum atomic E-state index is -0.223. The number of anilines is 1. The van der Waals surface area contributed by atoms with Crippen LogP contribution in [0.15, 0.2) is 66.0 Å². The van der Waals surface area contributed by atoms with Gasteiger partial charge in [-0.15, -0.1) is 5.10 Å². The average molecular weight is 391 g/mol. The summed E-state index contributed by atoms with van der Waals surface area (Å²) < 4.78 is 3.37. The third kappa shape index (κ3) is 3.39. The van der Waals surface area contributed by atoms with E-state index in [-0.39, 0.29) is 5.91 Å². The van der Waals surface area contributed by atoms with Crippen LogP contribution in [0.5, 0.6) is 0 Å². The molecule has 2 heterocycles. The molecule has 2 aromatic heterocycles. The Balaban J connectivity index is 1.58. The Morgan fingerprint density at radius 2 is 1.82 bits per heavy atom. The minimum absolute atomic E-state index is 0.223. The Kier molecular flexibility index (Phi) is 4.90. The average Bonchev–Trinajstić information content (AvgIpc) is 3.35. The van der Waals surface area contributed by atoms with Crippen LogP contribution in [0.25, 0.3) is 11.4 Å². The smallest absolute Gasteiger partial charge is 0.259 e. The maximum atomic E-state index is 12.8. The molecule has 0 aliphatic rings. The predicted molar refractivity (Wildman–Crippen MR) is 107 cm³/mol. The molecule has 8 nitrogen and oxygen atoms in total. The summed E-state index contributed by atoms with van der Waals surface area (Å²) in [5.74, 6) is -0.223. The molecule has 0 saturated carbocycles. The lowest BCUT2D eigenvalue weighted by Gasteiger charge is -2.08. The number of hydrogen-bond acceptors (Lipinski definition) is 6. The maximum absolute atomic E-state index is 12.8. The quantitative estimate of drug-likeness (QED) is 0.526. The number of hydrogen-bond donors (Lipinski definition) is 1. The second-order valence-corrected chi connectivity index (χ2v) is 6.75. The van der Waals surface area contributed by atoms with Gasteiger partial charge < -0.3 is 5.32 Å².